The maximum atomic E-state index is 10.7. The van der Waals surface area contributed by atoms with Crippen molar-refractivity contribution in [3.63, 3.8) is 0 Å². The maximum absolute atomic E-state index is 10.7. The molecule has 1 atom stereocenters. The third-order valence-corrected chi connectivity index (χ3v) is 4.08. The summed E-state index contributed by atoms with van der Waals surface area (Å²) in [5.74, 6) is 0. The first-order valence-corrected chi connectivity index (χ1v) is 7.59. The molecule has 0 bridgehead atoms. The number of aliphatic hydroxyl groups is 1. The van der Waals surface area contributed by atoms with Crippen LogP contribution >= 0.6 is 0 Å². The Morgan fingerprint density at radius 3 is 2.86 bits per heavy atom. The Morgan fingerprint density at radius 2 is 2.14 bits per heavy atom. The number of benzene rings is 1. The normalized spacial score (nSPS) is 23.8. The number of likely N-dealkylation sites (tertiary alicyclic amines) is 1. The fraction of sp³-hybridized carbons (Fsp3) is 0.588. The lowest BCUT2D eigenvalue weighted by Gasteiger charge is -2.30. The minimum atomic E-state index is -0.563. The quantitative estimate of drug-likeness (QED) is 0.918. The molecule has 0 spiro atoms. The van der Waals surface area contributed by atoms with Crippen molar-refractivity contribution < 1.29 is 5.11 Å². The summed E-state index contributed by atoms with van der Waals surface area (Å²) in [6.07, 6.45) is 2.69. The largest absolute Gasteiger partial charge is 0.389 e. The van der Waals surface area contributed by atoms with Crippen LogP contribution in [0.2, 0.25) is 0 Å². The van der Waals surface area contributed by atoms with Crippen LogP contribution in [0.25, 0.3) is 0 Å². The molecule has 1 fully saturated rings. The van der Waals surface area contributed by atoms with Gasteiger partial charge in [-0.2, -0.15) is 5.26 Å². The van der Waals surface area contributed by atoms with Crippen molar-refractivity contribution in [1.82, 2.24) is 9.80 Å². The van der Waals surface area contributed by atoms with E-state index in [2.05, 4.69) is 21.9 Å². The summed E-state index contributed by atoms with van der Waals surface area (Å²) in [5.41, 5.74) is 1.32. The summed E-state index contributed by atoms with van der Waals surface area (Å²) in [6, 6.07) is 9.98. The van der Waals surface area contributed by atoms with Gasteiger partial charge < -0.3 is 10.0 Å². The highest BCUT2D eigenvalue weighted by Gasteiger charge is 2.30. The fourth-order valence-corrected chi connectivity index (χ4v) is 3.14. The maximum Gasteiger partial charge on any atom is 0.0991 e. The molecule has 0 aliphatic carbocycles. The van der Waals surface area contributed by atoms with Gasteiger partial charge in [-0.1, -0.05) is 12.1 Å². The standard InChI is InChI=1S/C17H25N3O/c1-19(2)14-17(21)7-4-9-20(10-8-17)13-16-6-3-5-15(11-16)12-18/h3,5-6,11,21H,4,7-10,13-14H2,1-2H3/t17-/m1/s1. The Hall–Kier alpha value is -1.41. The highest BCUT2D eigenvalue weighted by atomic mass is 16.3. The lowest BCUT2D eigenvalue weighted by molar-refractivity contribution is 0.00258. The van der Waals surface area contributed by atoms with E-state index in [-0.39, 0.29) is 0 Å². The van der Waals surface area contributed by atoms with Gasteiger partial charge in [-0.15, -0.1) is 0 Å². The SMILES string of the molecule is CN(C)C[C@@]1(O)CCCN(Cc2cccc(C#N)c2)CC1. The van der Waals surface area contributed by atoms with Gasteiger partial charge in [-0.3, -0.25) is 4.90 Å². The van der Waals surface area contributed by atoms with Crippen molar-refractivity contribution in [3.05, 3.63) is 35.4 Å². The van der Waals surface area contributed by atoms with Gasteiger partial charge in [0.05, 0.1) is 17.2 Å². The van der Waals surface area contributed by atoms with Crippen LogP contribution < -0.4 is 0 Å². The van der Waals surface area contributed by atoms with Gasteiger partial charge in [0.15, 0.2) is 0 Å². The number of rotatable bonds is 4. The zero-order valence-electron chi connectivity index (χ0n) is 13.0. The van der Waals surface area contributed by atoms with E-state index in [1.54, 1.807) is 0 Å². The predicted molar refractivity (Wildman–Crippen MR) is 83.8 cm³/mol. The highest BCUT2D eigenvalue weighted by molar-refractivity contribution is 5.32. The Labute approximate surface area is 127 Å². The van der Waals surface area contributed by atoms with Crippen LogP contribution in [0, 0.1) is 11.3 Å². The summed E-state index contributed by atoms with van der Waals surface area (Å²) in [5, 5.41) is 19.6. The number of hydrogen-bond donors (Lipinski definition) is 1. The average molecular weight is 287 g/mol. The molecule has 0 amide bonds. The molecular formula is C17H25N3O. The lowest BCUT2D eigenvalue weighted by Crippen LogP contribution is -2.40. The Kier molecular flexibility index (Phi) is 5.35. The Balaban J connectivity index is 1.95. The molecule has 1 aromatic rings. The second-order valence-corrected chi connectivity index (χ2v) is 6.40. The van der Waals surface area contributed by atoms with Crippen molar-refractivity contribution in [1.29, 1.82) is 5.26 Å². The first kappa shape index (κ1) is 16.0. The number of hydrogen-bond acceptors (Lipinski definition) is 4. The minimum Gasteiger partial charge on any atom is -0.389 e. The van der Waals surface area contributed by atoms with Crippen LogP contribution in [0.3, 0.4) is 0 Å². The Morgan fingerprint density at radius 1 is 1.33 bits per heavy atom. The molecule has 1 aromatic carbocycles. The molecule has 4 heteroatoms. The molecule has 21 heavy (non-hydrogen) atoms. The zero-order valence-corrected chi connectivity index (χ0v) is 13.0. The number of likely N-dealkylation sites (N-methyl/N-ethyl adjacent to an activating group) is 1. The van der Waals surface area contributed by atoms with E-state index in [9.17, 15) is 5.11 Å². The molecule has 4 nitrogen and oxygen atoms in total. The van der Waals surface area contributed by atoms with Crippen LogP contribution in [-0.2, 0) is 6.54 Å². The monoisotopic (exact) mass is 287 g/mol. The van der Waals surface area contributed by atoms with Crippen molar-refractivity contribution in [2.45, 2.75) is 31.4 Å². The molecule has 0 saturated carbocycles. The minimum absolute atomic E-state index is 0.563. The summed E-state index contributed by atoms with van der Waals surface area (Å²) in [6.45, 7) is 3.49. The van der Waals surface area contributed by atoms with E-state index >= 15 is 0 Å². The fourth-order valence-electron chi connectivity index (χ4n) is 3.14. The smallest absolute Gasteiger partial charge is 0.0991 e. The average Bonchev–Trinajstić information content (AvgIpc) is 2.60. The summed E-state index contributed by atoms with van der Waals surface area (Å²) >= 11 is 0. The second kappa shape index (κ2) is 7.04. The molecule has 1 aliphatic heterocycles. The molecule has 1 aliphatic rings. The van der Waals surface area contributed by atoms with Gasteiger partial charge in [0.2, 0.25) is 0 Å². The van der Waals surface area contributed by atoms with Crippen LogP contribution in [0.4, 0.5) is 0 Å². The van der Waals surface area contributed by atoms with E-state index in [0.717, 1.165) is 45.4 Å². The van der Waals surface area contributed by atoms with Crippen LogP contribution in [0.5, 0.6) is 0 Å². The van der Waals surface area contributed by atoms with Gasteiger partial charge in [-0.25, -0.2) is 0 Å². The Bertz CT molecular complexity index is 509. The van der Waals surface area contributed by atoms with Crippen LogP contribution in [-0.4, -0.2) is 54.2 Å². The first-order valence-electron chi connectivity index (χ1n) is 7.59. The van der Waals surface area contributed by atoms with Gasteiger partial charge in [0, 0.05) is 19.6 Å². The van der Waals surface area contributed by atoms with E-state index in [1.165, 1.54) is 5.56 Å². The van der Waals surface area contributed by atoms with E-state index in [4.69, 9.17) is 5.26 Å². The topological polar surface area (TPSA) is 50.5 Å². The molecule has 0 unspecified atom stereocenters. The third-order valence-electron chi connectivity index (χ3n) is 4.08. The van der Waals surface area contributed by atoms with E-state index < -0.39 is 5.60 Å². The van der Waals surface area contributed by atoms with Crippen molar-refractivity contribution in [2.75, 3.05) is 33.7 Å². The predicted octanol–water partition coefficient (Wildman–Crippen LogP) is 1.84. The van der Waals surface area contributed by atoms with Crippen LogP contribution in [0.15, 0.2) is 24.3 Å². The van der Waals surface area contributed by atoms with Gasteiger partial charge in [0.25, 0.3) is 0 Å². The van der Waals surface area contributed by atoms with Gasteiger partial charge in [-0.05, 0) is 57.6 Å². The van der Waals surface area contributed by atoms with E-state index in [0.29, 0.717) is 5.56 Å². The summed E-state index contributed by atoms with van der Waals surface area (Å²) < 4.78 is 0. The molecule has 2 rings (SSSR count). The first-order chi connectivity index (χ1) is 10.0. The molecule has 1 N–H and O–H groups in total. The summed E-state index contributed by atoms with van der Waals surface area (Å²) in [7, 11) is 4.02. The zero-order chi connectivity index (χ0) is 15.3. The van der Waals surface area contributed by atoms with Crippen LogP contribution in [0.1, 0.15) is 30.4 Å². The molecule has 114 valence electrons. The molecule has 1 heterocycles. The summed E-state index contributed by atoms with van der Waals surface area (Å²) in [4.78, 5) is 4.44. The number of nitriles is 1. The van der Waals surface area contributed by atoms with Crippen molar-refractivity contribution in [3.8, 4) is 6.07 Å². The van der Waals surface area contributed by atoms with Gasteiger partial charge in [0.1, 0.15) is 0 Å². The van der Waals surface area contributed by atoms with Gasteiger partial charge >= 0.3 is 0 Å². The number of nitrogens with zero attached hydrogens (tertiary/aromatic N) is 3. The second-order valence-electron chi connectivity index (χ2n) is 6.40. The van der Waals surface area contributed by atoms with E-state index in [1.807, 2.05) is 32.3 Å². The molecule has 0 radical (unpaired) electrons. The molecule has 1 saturated heterocycles. The van der Waals surface area contributed by atoms with Crippen molar-refractivity contribution in [2.24, 2.45) is 0 Å². The van der Waals surface area contributed by atoms with Crippen molar-refractivity contribution >= 4 is 0 Å². The lowest BCUT2D eigenvalue weighted by atomic mass is 9.94. The molecule has 0 aromatic heterocycles. The molecular weight excluding hydrogens is 262 g/mol. The highest BCUT2D eigenvalue weighted by Crippen LogP contribution is 2.24. The third kappa shape index (κ3) is 4.82.